The lowest BCUT2D eigenvalue weighted by Crippen LogP contribution is -2.39. The summed E-state index contributed by atoms with van der Waals surface area (Å²) in [7, 11) is 2.07. The highest BCUT2D eigenvalue weighted by Gasteiger charge is 2.24. The molecule has 0 saturated heterocycles. The summed E-state index contributed by atoms with van der Waals surface area (Å²) in [6.45, 7) is 7.55. The SMILES string of the molecule is CC(C)CC(=O)N1CCCN(C)CCN(C(=O)Cn2nc3ccccc3n2)Cc2ccccc21. The Labute approximate surface area is 201 Å². The molecule has 1 aromatic heterocycles. The molecule has 0 N–H and O–H groups in total. The smallest absolute Gasteiger partial charge is 0.246 e. The Balaban J connectivity index is 1.61. The van der Waals surface area contributed by atoms with E-state index >= 15 is 0 Å². The third-order valence-electron chi connectivity index (χ3n) is 6.16. The third kappa shape index (κ3) is 5.80. The molecule has 1 aliphatic rings. The van der Waals surface area contributed by atoms with E-state index < -0.39 is 0 Å². The number of hydrogen-bond donors (Lipinski definition) is 0. The first kappa shape index (κ1) is 23.9. The van der Waals surface area contributed by atoms with Crippen molar-refractivity contribution >= 4 is 28.5 Å². The van der Waals surface area contributed by atoms with Crippen molar-refractivity contribution in [2.75, 3.05) is 38.1 Å². The lowest BCUT2D eigenvalue weighted by Gasteiger charge is -2.28. The van der Waals surface area contributed by atoms with E-state index in [0.717, 1.165) is 41.8 Å². The Bertz CT molecular complexity index is 1110. The van der Waals surface area contributed by atoms with Crippen molar-refractivity contribution in [1.82, 2.24) is 24.8 Å². The third-order valence-corrected chi connectivity index (χ3v) is 6.16. The van der Waals surface area contributed by atoms with E-state index in [1.807, 2.05) is 58.3 Å². The topological polar surface area (TPSA) is 74.6 Å². The van der Waals surface area contributed by atoms with Gasteiger partial charge in [-0.15, -0.1) is 0 Å². The number of anilines is 1. The minimum absolute atomic E-state index is 0.0391. The van der Waals surface area contributed by atoms with E-state index in [9.17, 15) is 9.59 Å². The second-order valence-electron chi connectivity index (χ2n) is 9.46. The first-order valence-corrected chi connectivity index (χ1v) is 12.0. The standard InChI is InChI=1S/C26H34N6O2/c1-20(2)17-25(33)31-14-8-13-29(3)15-16-30(18-21-9-4-7-12-24(21)31)26(34)19-32-27-22-10-5-6-11-23(22)28-32/h4-7,9-12,20H,8,13-19H2,1-3H3. The number of carbonyl (C=O) groups is 2. The normalized spacial score (nSPS) is 15.9. The molecule has 8 heteroatoms. The molecule has 0 atom stereocenters. The van der Waals surface area contributed by atoms with Crippen LogP contribution in [-0.2, 0) is 22.7 Å². The molecule has 0 spiro atoms. The Morgan fingerprint density at radius 3 is 2.26 bits per heavy atom. The lowest BCUT2D eigenvalue weighted by atomic mass is 10.1. The van der Waals surface area contributed by atoms with Gasteiger partial charge in [0.1, 0.15) is 17.6 Å². The molecule has 180 valence electrons. The summed E-state index contributed by atoms with van der Waals surface area (Å²) in [5.74, 6) is 0.383. The molecule has 2 aromatic carbocycles. The molecule has 1 aliphatic heterocycles. The van der Waals surface area contributed by atoms with Crippen molar-refractivity contribution in [3.8, 4) is 0 Å². The average Bonchev–Trinajstić information content (AvgIpc) is 3.20. The van der Waals surface area contributed by atoms with Gasteiger partial charge in [-0.3, -0.25) is 9.59 Å². The van der Waals surface area contributed by atoms with Gasteiger partial charge in [0.25, 0.3) is 0 Å². The first-order valence-electron chi connectivity index (χ1n) is 12.0. The maximum absolute atomic E-state index is 13.4. The van der Waals surface area contributed by atoms with Crippen LogP contribution in [0.3, 0.4) is 0 Å². The van der Waals surface area contributed by atoms with Crippen LogP contribution in [0.15, 0.2) is 48.5 Å². The van der Waals surface area contributed by atoms with Gasteiger partial charge in [0.05, 0.1) is 0 Å². The predicted octanol–water partition coefficient (Wildman–Crippen LogP) is 3.17. The minimum atomic E-state index is -0.0391. The molecule has 8 nitrogen and oxygen atoms in total. The molecule has 0 aliphatic carbocycles. The Morgan fingerprint density at radius 1 is 0.882 bits per heavy atom. The van der Waals surface area contributed by atoms with E-state index in [1.165, 1.54) is 4.80 Å². The molecule has 3 aromatic rings. The zero-order chi connectivity index (χ0) is 24.1. The summed E-state index contributed by atoms with van der Waals surface area (Å²) < 4.78 is 0. The molecule has 2 heterocycles. The van der Waals surface area contributed by atoms with Crippen LogP contribution in [0, 0.1) is 5.92 Å². The number of amides is 2. The number of nitrogens with zero attached hydrogens (tertiary/aromatic N) is 6. The molecular weight excluding hydrogens is 428 g/mol. The Kier molecular flexibility index (Phi) is 7.57. The second kappa shape index (κ2) is 10.8. The van der Waals surface area contributed by atoms with Crippen molar-refractivity contribution in [2.45, 2.75) is 39.8 Å². The number of carbonyl (C=O) groups excluding carboxylic acids is 2. The molecule has 0 fully saturated rings. The van der Waals surface area contributed by atoms with E-state index in [-0.39, 0.29) is 24.3 Å². The van der Waals surface area contributed by atoms with Crippen molar-refractivity contribution < 1.29 is 9.59 Å². The van der Waals surface area contributed by atoms with Gasteiger partial charge in [0.2, 0.25) is 11.8 Å². The zero-order valence-electron chi connectivity index (χ0n) is 20.4. The van der Waals surface area contributed by atoms with Crippen LogP contribution in [0.25, 0.3) is 11.0 Å². The molecule has 0 radical (unpaired) electrons. The number of aromatic nitrogens is 3. The number of likely N-dealkylation sites (N-methyl/N-ethyl adjacent to an activating group) is 1. The fourth-order valence-corrected chi connectivity index (χ4v) is 4.34. The van der Waals surface area contributed by atoms with Gasteiger partial charge in [-0.2, -0.15) is 15.0 Å². The monoisotopic (exact) mass is 462 g/mol. The van der Waals surface area contributed by atoms with Crippen molar-refractivity contribution in [1.29, 1.82) is 0 Å². The van der Waals surface area contributed by atoms with Gasteiger partial charge in [-0.25, -0.2) is 0 Å². The maximum Gasteiger partial charge on any atom is 0.246 e. The van der Waals surface area contributed by atoms with Crippen LogP contribution in [0.2, 0.25) is 0 Å². The van der Waals surface area contributed by atoms with Gasteiger partial charge in [-0.1, -0.05) is 44.2 Å². The van der Waals surface area contributed by atoms with Crippen molar-refractivity contribution in [3.63, 3.8) is 0 Å². The highest BCUT2D eigenvalue weighted by molar-refractivity contribution is 5.94. The highest BCUT2D eigenvalue weighted by Crippen LogP contribution is 2.25. The fraction of sp³-hybridized carbons (Fsp3) is 0.462. The van der Waals surface area contributed by atoms with Gasteiger partial charge in [0.15, 0.2) is 0 Å². The minimum Gasteiger partial charge on any atom is -0.335 e. The van der Waals surface area contributed by atoms with E-state index in [1.54, 1.807) is 0 Å². The fourth-order valence-electron chi connectivity index (χ4n) is 4.34. The summed E-state index contributed by atoms with van der Waals surface area (Å²) >= 11 is 0. The Morgan fingerprint density at radius 2 is 1.56 bits per heavy atom. The van der Waals surface area contributed by atoms with Crippen LogP contribution in [0.5, 0.6) is 0 Å². The molecular formula is C26H34N6O2. The van der Waals surface area contributed by atoms with Gasteiger partial charge in [-0.05, 0) is 49.7 Å². The molecule has 34 heavy (non-hydrogen) atoms. The summed E-state index contributed by atoms with van der Waals surface area (Å²) in [4.78, 5) is 34.0. The second-order valence-corrected chi connectivity index (χ2v) is 9.46. The number of fused-ring (bicyclic) bond motifs is 2. The van der Waals surface area contributed by atoms with Crippen LogP contribution < -0.4 is 4.90 Å². The van der Waals surface area contributed by atoms with E-state index in [0.29, 0.717) is 26.1 Å². The Hall–Kier alpha value is -3.26. The van der Waals surface area contributed by atoms with Crippen LogP contribution >= 0.6 is 0 Å². The van der Waals surface area contributed by atoms with Crippen LogP contribution in [-0.4, -0.2) is 69.8 Å². The summed E-state index contributed by atoms with van der Waals surface area (Å²) in [6.07, 6.45) is 1.39. The van der Waals surface area contributed by atoms with Crippen molar-refractivity contribution in [3.05, 3.63) is 54.1 Å². The predicted molar refractivity (Wildman–Crippen MR) is 133 cm³/mol. The van der Waals surface area contributed by atoms with Gasteiger partial charge >= 0.3 is 0 Å². The number of para-hydroxylation sites is 1. The zero-order valence-corrected chi connectivity index (χ0v) is 20.4. The molecule has 2 amide bonds. The highest BCUT2D eigenvalue weighted by atomic mass is 16.2. The molecule has 4 rings (SSSR count). The molecule has 0 unspecified atom stereocenters. The number of benzene rings is 2. The van der Waals surface area contributed by atoms with E-state index in [2.05, 4.69) is 36.0 Å². The van der Waals surface area contributed by atoms with Gasteiger partial charge in [0, 0.05) is 38.3 Å². The molecule has 0 bridgehead atoms. The summed E-state index contributed by atoms with van der Waals surface area (Å²) in [5, 5.41) is 8.91. The molecule has 0 saturated carbocycles. The van der Waals surface area contributed by atoms with Crippen molar-refractivity contribution in [2.24, 2.45) is 5.92 Å². The summed E-state index contributed by atoms with van der Waals surface area (Å²) in [5.41, 5.74) is 3.43. The average molecular weight is 463 g/mol. The lowest BCUT2D eigenvalue weighted by molar-refractivity contribution is -0.133. The number of hydrogen-bond acceptors (Lipinski definition) is 5. The van der Waals surface area contributed by atoms with Crippen LogP contribution in [0.4, 0.5) is 5.69 Å². The maximum atomic E-state index is 13.4. The first-order chi connectivity index (χ1) is 16.4. The van der Waals surface area contributed by atoms with Crippen LogP contribution in [0.1, 0.15) is 32.3 Å². The quantitative estimate of drug-likeness (QED) is 0.595. The largest absolute Gasteiger partial charge is 0.335 e. The summed E-state index contributed by atoms with van der Waals surface area (Å²) in [6, 6.07) is 15.6. The van der Waals surface area contributed by atoms with E-state index in [4.69, 9.17) is 0 Å². The number of rotatable bonds is 4. The van der Waals surface area contributed by atoms with Gasteiger partial charge < -0.3 is 14.7 Å².